The zero-order chi connectivity index (χ0) is 20.7. The van der Waals surface area contributed by atoms with E-state index in [1.54, 1.807) is 13.8 Å². The van der Waals surface area contributed by atoms with Crippen LogP contribution in [0.4, 0.5) is 4.39 Å². The molecule has 0 spiro atoms. The number of carbonyl (C=O) groups excluding carboxylic acids is 1. The van der Waals surface area contributed by atoms with Crippen LogP contribution in [-0.4, -0.2) is 45.1 Å². The van der Waals surface area contributed by atoms with Crippen molar-refractivity contribution in [3.63, 3.8) is 0 Å². The van der Waals surface area contributed by atoms with Crippen LogP contribution in [0, 0.1) is 28.6 Å². The molecule has 4 aliphatic rings. The summed E-state index contributed by atoms with van der Waals surface area (Å²) in [5.74, 6) is -1.74. The van der Waals surface area contributed by atoms with Crippen LogP contribution in [0.25, 0.3) is 0 Å². The van der Waals surface area contributed by atoms with Crippen molar-refractivity contribution < 1.29 is 24.5 Å². The van der Waals surface area contributed by atoms with E-state index in [0.29, 0.717) is 19.3 Å². The first-order valence-electron chi connectivity index (χ1n) is 10.3. The summed E-state index contributed by atoms with van der Waals surface area (Å²) in [6.45, 7) is 8.65. The Hall–Kier alpha value is -1.30. The van der Waals surface area contributed by atoms with E-state index in [-0.39, 0.29) is 12.3 Å². The molecule has 3 N–H and O–H groups in total. The second-order valence-corrected chi connectivity index (χ2v) is 9.92. The Balaban J connectivity index is 1.84. The number of ketones is 1. The lowest BCUT2D eigenvalue weighted by molar-refractivity contribution is -0.219. The molecule has 3 saturated carbocycles. The molecule has 0 saturated heterocycles. The molecule has 4 rings (SSSR count). The van der Waals surface area contributed by atoms with Gasteiger partial charge in [-0.15, -0.1) is 0 Å². The summed E-state index contributed by atoms with van der Waals surface area (Å²) in [6.07, 6.45) is 6.04. The molecule has 28 heavy (non-hydrogen) atoms. The highest BCUT2D eigenvalue weighted by Crippen LogP contribution is 2.70. The smallest absolute Gasteiger partial charge is 0.190 e. The van der Waals surface area contributed by atoms with Gasteiger partial charge in [0, 0.05) is 16.7 Å². The van der Waals surface area contributed by atoms with Gasteiger partial charge in [0.05, 0.1) is 6.10 Å². The molecule has 0 aromatic heterocycles. The number of halogens is 1. The van der Waals surface area contributed by atoms with Gasteiger partial charge in [0.1, 0.15) is 12.2 Å². The summed E-state index contributed by atoms with van der Waals surface area (Å²) in [5.41, 5.74) is -3.72. The first kappa shape index (κ1) is 20.0. The second-order valence-electron chi connectivity index (χ2n) is 9.92. The van der Waals surface area contributed by atoms with Crippen molar-refractivity contribution in [3.8, 4) is 0 Å². The average Bonchev–Trinajstić information content (AvgIpc) is 2.84. The van der Waals surface area contributed by atoms with Crippen LogP contribution in [0.5, 0.6) is 0 Å². The minimum atomic E-state index is -1.87. The van der Waals surface area contributed by atoms with Crippen molar-refractivity contribution in [3.05, 3.63) is 36.0 Å². The van der Waals surface area contributed by atoms with Gasteiger partial charge in [0.15, 0.2) is 11.5 Å². The van der Waals surface area contributed by atoms with Crippen molar-refractivity contribution >= 4 is 5.78 Å². The highest BCUT2D eigenvalue weighted by molar-refractivity contribution is 5.90. The maximum Gasteiger partial charge on any atom is 0.190 e. The predicted octanol–water partition coefficient (Wildman–Crippen LogP) is 2.88. The fourth-order valence-corrected chi connectivity index (χ4v) is 7.34. The fraction of sp³-hybridized carbons (Fsp3) is 0.696. The van der Waals surface area contributed by atoms with Crippen LogP contribution in [0.15, 0.2) is 36.0 Å². The molecular weight excluding hydrogens is 359 g/mol. The average molecular weight is 390 g/mol. The number of hydrogen-bond donors (Lipinski definition) is 3. The minimum absolute atomic E-state index is 0.00506. The molecule has 0 radical (unpaired) electrons. The molecule has 3 fully saturated rings. The summed E-state index contributed by atoms with van der Waals surface area (Å²) in [7, 11) is 0. The number of allylic oxidation sites excluding steroid dienone is 5. The van der Waals surface area contributed by atoms with Gasteiger partial charge in [0.2, 0.25) is 0 Å². The van der Waals surface area contributed by atoms with Crippen LogP contribution < -0.4 is 0 Å². The standard InChI is InChI=1S/C23H31FO4/c1-13-7-8-20(3)15(9-13)5-6-16-17-10-14(2)23(28,19(27)12-25)21(17,4)11-18(26)22(16,20)24/h7-9,14,16-18,25-26,28H,1,5-6,10-12H2,2-4H3/t14-,16-,17-,18-,20-,21-,22-,23-/m0/s1. The molecular formula is C23H31FO4. The molecule has 0 amide bonds. The van der Waals surface area contributed by atoms with E-state index >= 15 is 4.39 Å². The van der Waals surface area contributed by atoms with Crippen molar-refractivity contribution in [1.82, 2.24) is 0 Å². The maximum absolute atomic E-state index is 16.9. The molecule has 0 aromatic rings. The molecule has 0 aliphatic heterocycles. The number of alkyl halides is 1. The van der Waals surface area contributed by atoms with Crippen molar-refractivity contribution in [1.29, 1.82) is 0 Å². The first-order chi connectivity index (χ1) is 13.0. The third kappa shape index (κ3) is 2.03. The van der Waals surface area contributed by atoms with Crippen molar-refractivity contribution in [2.45, 2.75) is 63.8 Å². The molecule has 0 heterocycles. The number of Topliss-reactive ketones (excluding diaryl/α,β-unsaturated/α-hetero) is 1. The Kier molecular flexibility index (Phi) is 4.19. The topological polar surface area (TPSA) is 77.8 Å². The number of aliphatic hydroxyl groups is 3. The molecule has 0 bridgehead atoms. The van der Waals surface area contributed by atoms with E-state index in [0.717, 1.165) is 11.1 Å². The monoisotopic (exact) mass is 390 g/mol. The van der Waals surface area contributed by atoms with Crippen LogP contribution in [-0.2, 0) is 4.79 Å². The van der Waals surface area contributed by atoms with Crippen LogP contribution in [0.3, 0.4) is 0 Å². The molecule has 8 atom stereocenters. The Bertz CT molecular complexity index is 802. The van der Waals surface area contributed by atoms with E-state index in [1.807, 2.05) is 25.2 Å². The van der Waals surface area contributed by atoms with Gasteiger partial charge in [0.25, 0.3) is 0 Å². The number of carbonyl (C=O) groups is 1. The van der Waals surface area contributed by atoms with Gasteiger partial charge < -0.3 is 15.3 Å². The van der Waals surface area contributed by atoms with Crippen LogP contribution in [0.2, 0.25) is 0 Å². The van der Waals surface area contributed by atoms with Gasteiger partial charge in [-0.3, -0.25) is 4.79 Å². The lowest BCUT2D eigenvalue weighted by Gasteiger charge is -2.62. The largest absolute Gasteiger partial charge is 0.390 e. The van der Waals surface area contributed by atoms with E-state index in [2.05, 4.69) is 6.58 Å². The second kappa shape index (κ2) is 5.87. The summed E-state index contributed by atoms with van der Waals surface area (Å²) < 4.78 is 16.9. The fourth-order valence-electron chi connectivity index (χ4n) is 7.34. The van der Waals surface area contributed by atoms with Crippen molar-refractivity contribution in [2.24, 2.45) is 28.6 Å². The SMILES string of the molecule is C=C1C=C[C@@]2(C)C(=C1)CC[C@H]1[C@@H]3C[C@H](C)[C@](O)(C(=O)CO)[C@@]3(C)C[C@H](O)[C@@]12F. The normalized spacial score (nSPS) is 52.5. The molecule has 154 valence electrons. The molecule has 0 unspecified atom stereocenters. The Morgan fingerprint density at radius 1 is 1.36 bits per heavy atom. The quantitative estimate of drug-likeness (QED) is 0.678. The lowest BCUT2D eigenvalue weighted by Crippen LogP contribution is -2.69. The molecule has 5 heteroatoms. The molecule has 4 nitrogen and oxygen atoms in total. The molecule has 4 aliphatic carbocycles. The highest BCUT2D eigenvalue weighted by Gasteiger charge is 2.75. The summed E-state index contributed by atoms with van der Waals surface area (Å²) in [6, 6.07) is 0. The zero-order valence-corrected chi connectivity index (χ0v) is 16.9. The van der Waals surface area contributed by atoms with Crippen molar-refractivity contribution in [2.75, 3.05) is 6.61 Å². The van der Waals surface area contributed by atoms with Gasteiger partial charge in [-0.25, -0.2) is 4.39 Å². The van der Waals surface area contributed by atoms with Gasteiger partial charge in [-0.1, -0.05) is 44.2 Å². The minimum Gasteiger partial charge on any atom is -0.390 e. The summed E-state index contributed by atoms with van der Waals surface area (Å²) in [4.78, 5) is 12.6. The highest BCUT2D eigenvalue weighted by atomic mass is 19.1. The number of fused-ring (bicyclic) bond motifs is 5. The van der Waals surface area contributed by atoms with Gasteiger partial charge >= 0.3 is 0 Å². The van der Waals surface area contributed by atoms with E-state index in [1.165, 1.54) is 0 Å². The Morgan fingerprint density at radius 3 is 2.68 bits per heavy atom. The van der Waals surface area contributed by atoms with E-state index < -0.39 is 52.4 Å². The maximum atomic E-state index is 16.9. The Labute approximate surface area is 165 Å². The van der Waals surface area contributed by atoms with Gasteiger partial charge in [-0.2, -0.15) is 0 Å². The zero-order valence-electron chi connectivity index (χ0n) is 16.9. The molecule has 0 aromatic carbocycles. The Morgan fingerprint density at radius 2 is 2.04 bits per heavy atom. The number of rotatable bonds is 2. The summed E-state index contributed by atoms with van der Waals surface area (Å²) >= 11 is 0. The van der Waals surface area contributed by atoms with Gasteiger partial charge in [-0.05, 0) is 50.0 Å². The number of hydrogen-bond acceptors (Lipinski definition) is 4. The van der Waals surface area contributed by atoms with E-state index in [9.17, 15) is 20.1 Å². The van der Waals surface area contributed by atoms with Crippen LogP contribution >= 0.6 is 0 Å². The first-order valence-corrected chi connectivity index (χ1v) is 10.3. The number of aliphatic hydroxyl groups excluding tert-OH is 2. The van der Waals surface area contributed by atoms with E-state index in [4.69, 9.17) is 0 Å². The third-order valence-corrected chi connectivity index (χ3v) is 8.88. The van der Waals surface area contributed by atoms with Crippen LogP contribution in [0.1, 0.15) is 46.5 Å². The lowest BCUT2D eigenvalue weighted by atomic mass is 9.44. The summed E-state index contributed by atoms with van der Waals surface area (Å²) in [5, 5.41) is 32.1. The third-order valence-electron chi connectivity index (χ3n) is 8.88. The predicted molar refractivity (Wildman–Crippen MR) is 104 cm³/mol.